The first-order valence-corrected chi connectivity index (χ1v) is 8.09. The van der Waals surface area contributed by atoms with Gasteiger partial charge in [-0.2, -0.15) is 0 Å². The summed E-state index contributed by atoms with van der Waals surface area (Å²) in [7, 11) is 1.82. The molecule has 0 saturated heterocycles. The summed E-state index contributed by atoms with van der Waals surface area (Å²) in [5, 5.41) is 8.97. The summed E-state index contributed by atoms with van der Waals surface area (Å²) >= 11 is 0. The van der Waals surface area contributed by atoms with Crippen LogP contribution >= 0.6 is 0 Å². The van der Waals surface area contributed by atoms with Crippen molar-refractivity contribution in [3.63, 3.8) is 0 Å². The van der Waals surface area contributed by atoms with Gasteiger partial charge < -0.3 is 27.4 Å². The third-order valence-electron chi connectivity index (χ3n) is 3.72. The molecule has 1 aromatic carbocycles. The molecule has 9 nitrogen and oxygen atoms in total. The number of rotatable bonds is 8. The Bertz CT molecular complexity index is 790. The zero-order valence-electron chi connectivity index (χ0n) is 14.9. The standard InChI is InChI=1S/C17H23N7O2/c1-9(2)13(15(18)25)23-12-8-21-14(16(19)26)17(24-12)22-11-6-4-10(20-3)5-7-11/h4-9,13,20H,1-3H3,(H2,18,25)(H2,19,26)(H2,22,23,24)/t13-/m1/s1. The van der Waals surface area contributed by atoms with Gasteiger partial charge in [0.2, 0.25) is 5.91 Å². The summed E-state index contributed by atoms with van der Waals surface area (Å²) in [5.41, 5.74) is 12.4. The number of aromatic nitrogens is 2. The number of hydrogen-bond donors (Lipinski definition) is 5. The smallest absolute Gasteiger partial charge is 0.271 e. The molecule has 0 bridgehead atoms. The maximum Gasteiger partial charge on any atom is 0.271 e. The van der Waals surface area contributed by atoms with Crippen molar-refractivity contribution < 1.29 is 9.59 Å². The molecule has 0 aliphatic carbocycles. The van der Waals surface area contributed by atoms with Crippen LogP contribution in [-0.4, -0.2) is 34.9 Å². The second kappa shape index (κ2) is 8.15. The SMILES string of the molecule is CNc1ccc(Nc2nc(N[C@@H](C(N)=O)C(C)C)cnc2C(N)=O)cc1. The Labute approximate surface area is 151 Å². The van der Waals surface area contributed by atoms with E-state index in [-0.39, 0.29) is 17.4 Å². The highest BCUT2D eigenvalue weighted by molar-refractivity contribution is 5.96. The molecule has 26 heavy (non-hydrogen) atoms. The first kappa shape index (κ1) is 19.0. The normalized spacial score (nSPS) is 11.7. The lowest BCUT2D eigenvalue weighted by atomic mass is 10.0. The fourth-order valence-electron chi connectivity index (χ4n) is 2.31. The van der Waals surface area contributed by atoms with Gasteiger partial charge >= 0.3 is 0 Å². The van der Waals surface area contributed by atoms with Crippen LogP contribution in [0.5, 0.6) is 0 Å². The van der Waals surface area contributed by atoms with Gasteiger partial charge in [-0.1, -0.05) is 13.8 Å². The van der Waals surface area contributed by atoms with E-state index < -0.39 is 17.9 Å². The molecule has 0 spiro atoms. The molecule has 1 atom stereocenters. The molecular formula is C17H23N7O2. The van der Waals surface area contributed by atoms with E-state index in [9.17, 15) is 9.59 Å². The molecule has 0 aliphatic heterocycles. The fourth-order valence-corrected chi connectivity index (χ4v) is 2.31. The Balaban J connectivity index is 2.32. The lowest BCUT2D eigenvalue weighted by molar-refractivity contribution is -0.119. The van der Waals surface area contributed by atoms with Gasteiger partial charge in [0.1, 0.15) is 11.9 Å². The van der Waals surface area contributed by atoms with Crippen LogP contribution in [0.15, 0.2) is 30.5 Å². The number of nitrogens with two attached hydrogens (primary N) is 2. The van der Waals surface area contributed by atoms with Crippen LogP contribution < -0.4 is 27.4 Å². The lowest BCUT2D eigenvalue weighted by Gasteiger charge is -2.20. The topological polar surface area (TPSA) is 148 Å². The van der Waals surface area contributed by atoms with Crippen molar-refractivity contribution in [2.45, 2.75) is 19.9 Å². The number of primary amides is 2. The van der Waals surface area contributed by atoms with Crippen molar-refractivity contribution >= 4 is 34.8 Å². The van der Waals surface area contributed by atoms with Gasteiger partial charge in [0, 0.05) is 18.4 Å². The lowest BCUT2D eigenvalue weighted by Crippen LogP contribution is -2.39. The van der Waals surface area contributed by atoms with E-state index in [1.807, 2.05) is 45.2 Å². The Kier molecular flexibility index (Phi) is 5.94. The van der Waals surface area contributed by atoms with Crippen LogP contribution in [0.1, 0.15) is 24.3 Å². The summed E-state index contributed by atoms with van der Waals surface area (Å²) in [6, 6.07) is 6.75. The number of nitrogens with one attached hydrogen (secondary N) is 3. The van der Waals surface area contributed by atoms with Crippen LogP contribution in [-0.2, 0) is 4.79 Å². The maximum absolute atomic E-state index is 11.6. The van der Waals surface area contributed by atoms with Crippen molar-refractivity contribution in [3.8, 4) is 0 Å². The molecule has 1 aromatic heterocycles. The van der Waals surface area contributed by atoms with Gasteiger partial charge in [0.05, 0.1) is 6.20 Å². The average Bonchev–Trinajstić information content (AvgIpc) is 2.59. The first-order chi connectivity index (χ1) is 12.3. The van der Waals surface area contributed by atoms with Gasteiger partial charge in [-0.15, -0.1) is 0 Å². The minimum absolute atomic E-state index is 0.00610. The number of nitrogens with zero attached hydrogens (tertiary/aromatic N) is 2. The zero-order valence-corrected chi connectivity index (χ0v) is 14.9. The van der Waals surface area contributed by atoms with Crippen LogP contribution in [0.3, 0.4) is 0 Å². The minimum Gasteiger partial charge on any atom is -0.388 e. The van der Waals surface area contributed by atoms with Gasteiger partial charge in [-0.3, -0.25) is 9.59 Å². The highest BCUT2D eigenvalue weighted by Crippen LogP contribution is 2.21. The third kappa shape index (κ3) is 4.59. The molecular weight excluding hydrogens is 334 g/mol. The molecule has 1 heterocycles. The summed E-state index contributed by atoms with van der Waals surface area (Å²) in [5.74, 6) is -0.768. The summed E-state index contributed by atoms with van der Waals surface area (Å²) in [6.07, 6.45) is 1.34. The summed E-state index contributed by atoms with van der Waals surface area (Å²) < 4.78 is 0. The van der Waals surface area contributed by atoms with Crippen LogP contribution in [0.25, 0.3) is 0 Å². The summed E-state index contributed by atoms with van der Waals surface area (Å²) in [4.78, 5) is 31.6. The van der Waals surface area contributed by atoms with Gasteiger partial charge in [0.15, 0.2) is 11.5 Å². The molecule has 2 amide bonds. The first-order valence-electron chi connectivity index (χ1n) is 8.09. The number of anilines is 4. The van der Waals surface area contributed by atoms with Crippen LogP contribution in [0, 0.1) is 5.92 Å². The number of carbonyl (C=O) groups is 2. The molecule has 9 heteroatoms. The van der Waals surface area contributed by atoms with E-state index in [2.05, 4.69) is 25.9 Å². The Hall–Kier alpha value is -3.36. The fraction of sp³-hybridized carbons (Fsp3) is 0.294. The predicted molar refractivity (Wildman–Crippen MR) is 101 cm³/mol. The Morgan fingerprint density at radius 3 is 2.19 bits per heavy atom. The highest BCUT2D eigenvalue weighted by atomic mass is 16.1. The molecule has 0 fully saturated rings. The summed E-state index contributed by atoms with van der Waals surface area (Å²) in [6.45, 7) is 3.71. The van der Waals surface area contributed by atoms with Crippen LogP contribution in [0.2, 0.25) is 0 Å². The van der Waals surface area contributed by atoms with E-state index >= 15 is 0 Å². The van der Waals surface area contributed by atoms with E-state index in [1.165, 1.54) is 6.20 Å². The average molecular weight is 357 g/mol. The molecule has 0 saturated carbocycles. The van der Waals surface area contributed by atoms with Crippen molar-refractivity contribution in [1.82, 2.24) is 9.97 Å². The zero-order chi connectivity index (χ0) is 19.3. The quantitative estimate of drug-likeness (QED) is 0.478. The molecule has 2 aromatic rings. The predicted octanol–water partition coefficient (Wildman–Crippen LogP) is 1.28. The maximum atomic E-state index is 11.6. The van der Waals surface area contributed by atoms with E-state index in [0.29, 0.717) is 11.5 Å². The Morgan fingerprint density at radius 2 is 1.69 bits per heavy atom. The van der Waals surface area contributed by atoms with E-state index in [4.69, 9.17) is 11.5 Å². The van der Waals surface area contributed by atoms with Crippen molar-refractivity contribution in [3.05, 3.63) is 36.2 Å². The number of hydrogen-bond acceptors (Lipinski definition) is 7. The van der Waals surface area contributed by atoms with Crippen molar-refractivity contribution in [1.29, 1.82) is 0 Å². The van der Waals surface area contributed by atoms with E-state index in [0.717, 1.165) is 5.69 Å². The number of amides is 2. The Morgan fingerprint density at radius 1 is 1.08 bits per heavy atom. The number of carbonyl (C=O) groups excluding carboxylic acids is 2. The van der Waals surface area contributed by atoms with Crippen LogP contribution in [0.4, 0.5) is 23.0 Å². The second-order valence-corrected chi connectivity index (χ2v) is 6.04. The van der Waals surface area contributed by atoms with Gasteiger partial charge in [-0.05, 0) is 30.2 Å². The molecule has 138 valence electrons. The van der Waals surface area contributed by atoms with Crippen molar-refractivity contribution in [2.24, 2.45) is 17.4 Å². The minimum atomic E-state index is -0.714. The largest absolute Gasteiger partial charge is 0.388 e. The van der Waals surface area contributed by atoms with Gasteiger partial charge in [-0.25, -0.2) is 9.97 Å². The number of benzene rings is 1. The van der Waals surface area contributed by atoms with Crippen molar-refractivity contribution in [2.75, 3.05) is 23.0 Å². The molecule has 2 rings (SSSR count). The molecule has 0 unspecified atom stereocenters. The highest BCUT2D eigenvalue weighted by Gasteiger charge is 2.21. The second-order valence-electron chi connectivity index (χ2n) is 6.04. The van der Waals surface area contributed by atoms with E-state index in [1.54, 1.807) is 0 Å². The third-order valence-corrected chi connectivity index (χ3v) is 3.72. The molecule has 0 aliphatic rings. The molecule has 7 N–H and O–H groups in total. The van der Waals surface area contributed by atoms with Gasteiger partial charge in [0.25, 0.3) is 5.91 Å². The monoisotopic (exact) mass is 357 g/mol. The molecule has 0 radical (unpaired) electrons.